The van der Waals surface area contributed by atoms with Gasteiger partial charge in [-0.15, -0.1) is 0 Å². The second-order valence-corrected chi connectivity index (χ2v) is 8.82. The van der Waals surface area contributed by atoms with E-state index in [0.29, 0.717) is 13.0 Å². The van der Waals surface area contributed by atoms with E-state index >= 15 is 0 Å². The number of urea groups is 1. The molecule has 0 saturated carbocycles. The lowest BCUT2D eigenvalue weighted by Gasteiger charge is -2.56. The Labute approximate surface area is 159 Å². The zero-order valence-electron chi connectivity index (χ0n) is 16.3. The number of nitrogens with one attached hydrogen (secondary N) is 1. The Bertz CT molecular complexity index is 831. The molecular formula is C20H26N4O3. The van der Waals surface area contributed by atoms with Gasteiger partial charge in [0.15, 0.2) is 5.41 Å². The molecule has 27 heavy (non-hydrogen) atoms. The first-order valence-electron chi connectivity index (χ1n) is 9.39. The van der Waals surface area contributed by atoms with Crippen molar-refractivity contribution in [1.29, 1.82) is 0 Å². The smallest absolute Gasteiger partial charge is 0.331 e. The van der Waals surface area contributed by atoms with Gasteiger partial charge in [-0.25, -0.2) is 4.79 Å². The van der Waals surface area contributed by atoms with Crippen LogP contribution in [0.25, 0.3) is 0 Å². The summed E-state index contributed by atoms with van der Waals surface area (Å²) in [5.41, 5.74) is 0.0487. The molecule has 1 spiro atoms. The Morgan fingerprint density at radius 2 is 1.81 bits per heavy atom. The first-order valence-corrected chi connectivity index (χ1v) is 9.39. The van der Waals surface area contributed by atoms with E-state index in [-0.39, 0.29) is 11.9 Å². The molecule has 0 aliphatic carbocycles. The summed E-state index contributed by atoms with van der Waals surface area (Å²) < 4.78 is 0. The number of nitrogens with zero attached hydrogens (tertiary/aromatic N) is 3. The number of anilines is 1. The summed E-state index contributed by atoms with van der Waals surface area (Å²) in [7, 11) is 2.00. The number of benzene rings is 1. The highest BCUT2D eigenvalue weighted by atomic mass is 16.2. The molecule has 1 aromatic carbocycles. The van der Waals surface area contributed by atoms with E-state index in [1.807, 2.05) is 46.0 Å². The number of fused-ring (bicyclic) bond motifs is 4. The third-order valence-electron chi connectivity index (χ3n) is 6.01. The second-order valence-electron chi connectivity index (χ2n) is 8.82. The van der Waals surface area contributed by atoms with Crippen LogP contribution in [0, 0.1) is 5.41 Å². The van der Waals surface area contributed by atoms with Crippen LogP contribution in [0.5, 0.6) is 0 Å². The van der Waals surface area contributed by atoms with Crippen LogP contribution in [-0.2, 0) is 16.0 Å². The van der Waals surface area contributed by atoms with Gasteiger partial charge < -0.3 is 9.80 Å². The zero-order chi connectivity index (χ0) is 19.6. The van der Waals surface area contributed by atoms with Crippen LogP contribution < -0.4 is 10.2 Å². The molecule has 2 saturated heterocycles. The van der Waals surface area contributed by atoms with Crippen molar-refractivity contribution in [3.63, 3.8) is 0 Å². The number of rotatable bonds is 0. The number of likely N-dealkylation sites (N-methyl/N-ethyl adjacent to an activating group) is 1. The highest BCUT2D eigenvalue weighted by molar-refractivity contribution is 6.20. The Morgan fingerprint density at radius 1 is 1.11 bits per heavy atom. The summed E-state index contributed by atoms with van der Waals surface area (Å²) in [6.45, 7) is 7.64. The maximum absolute atomic E-state index is 13.7. The van der Waals surface area contributed by atoms with Crippen molar-refractivity contribution < 1.29 is 14.4 Å². The van der Waals surface area contributed by atoms with E-state index in [4.69, 9.17) is 0 Å². The van der Waals surface area contributed by atoms with Gasteiger partial charge >= 0.3 is 6.03 Å². The fourth-order valence-electron chi connectivity index (χ4n) is 4.70. The zero-order valence-corrected chi connectivity index (χ0v) is 16.3. The van der Waals surface area contributed by atoms with Gasteiger partial charge in [0.05, 0.1) is 6.04 Å². The maximum Gasteiger partial charge on any atom is 0.331 e. The molecule has 4 amide bonds. The number of carbonyl (C=O) groups is 3. The van der Waals surface area contributed by atoms with Crippen molar-refractivity contribution in [3.8, 4) is 0 Å². The minimum atomic E-state index is -1.30. The fourth-order valence-corrected chi connectivity index (χ4v) is 4.70. The lowest BCUT2D eigenvalue weighted by Crippen LogP contribution is -2.76. The maximum atomic E-state index is 13.7. The Hall–Kier alpha value is -2.41. The van der Waals surface area contributed by atoms with Crippen LogP contribution in [0.1, 0.15) is 26.3 Å². The molecule has 7 heteroatoms. The van der Waals surface area contributed by atoms with Crippen molar-refractivity contribution >= 4 is 23.5 Å². The molecule has 1 aromatic rings. The number of piperazine rings is 1. The lowest BCUT2D eigenvalue weighted by molar-refractivity contribution is -0.157. The van der Waals surface area contributed by atoms with Crippen LogP contribution in [0.2, 0.25) is 0 Å². The minimum Gasteiger partial charge on any atom is -0.364 e. The summed E-state index contributed by atoms with van der Waals surface area (Å²) in [5.74, 6) is -0.860. The number of para-hydroxylation sites is 1. The number of hydrogen-bond donors (Lipinski definition) is 1. The standard InChI is InChI=1S/C20H26N4O3/c1-19(2,3)24-17(26)20(16(25)21-18(24)27)11-13-7-5-6-8-14(13)23-10-9-22(4)12-15(20)23/h5-8,15H,9-12H2,1-4H3,(H,21,25,27). The Morgan fingerprint density at radius 3 is 2.52 bits per heavy atom. The van der Waals surface area contributed by atoms with Crippen molar-refractivity contribution in [2.45, 2.75) is 38.8 Å². The normalized spacial score (nSPS) is 28.9. The van der Waals surface area contributed by atoms with Gasteiger partial charge in [-0.1, -0.05) is 18.2 Å². The van der Waals surface area contributed by atoms with Crippen LogP contribution >= 0.6 is 0 Å². The second kappa shape index (κ2) is 5.79. The van der Waals surface area contributed by atoms with Gasteiger partial charge in [0.1, 0.15) is 0 Å². The molecule has 3 aliphatic rings. The summed E-state index contributed by atoms with van der Waals surface area (Å²) >= 11 is 0. The van der Waals surface area contributed by atoms with Crippen LogP contribution in [0.4, 0.5) is 10.5 Å². The summed E-state index contributed by atoms with van der Waals surface area (Å²) in [6.07, 6.45) is 0.308. The monoisotopic (exact) mass is 370 g/mol. The van der Waals surface area contributed by atoms with Crippen molar-refractivity contribution in [3.05, 3.63) is 29.8 Å². The topological polar surface area (TPSA) is 73.0 Å². The average Bonchev–Trinajstić information content (AvgIpc) is 2.58. The Kier molecular flexibility index (Phi) is 3.86. The third kappa shape index (κ3) is 2.48. The van der Waals surface area contributed by atoms with Gasteiger partial charge in [-0.2, -0.15) is 0 Å². The van der Waals surface area contributed by atoms with Gasteiger partial charge in [0.25, 0.3) is 0 Å². The minimum absolute atomic E-state index is 0.308. The molecular weight excluding hydrogens is 344 g/mol. The number of carbonyl (C=O) groups excluding carboxylic acids is 3. The molecule has 3 aliphatic heterocycles. The van der Waals surface area contributed by atoms with Gasteiger partial charge in [-0.3, -0.25) is 19.8 Å². The van der Waals surface area contributed by atoms with Crippen LogP contribution in [0.3, 0.4) is 0 Å². The molecule has 144 valence electrons. The van der Waals surface area contributed by atoms with Gasteiger partial charge in [0.2, 0.25) is 11.8 Å². The first-order chi connectivity index (χ1) is 12.7. The molecule has 2 unspecified atom stereocenters. The van der Waals surface area contributed by atoms with E-state index in [1.54, 1.807) is 0 Å². The molecule has 1 N–H and O–H groups in total. The fraction of sp³-hybridized carbons (Fsp3) is 0.550. The van der Waals surface area contributed by atoms with Crippen molar-refractivity contribution in [1.82, 2.24) is 15.1 Å². The van der Waals surface area contributed by atoms with Gasteiger partial charge in [0, 0.05) is 30.9 Å². The molecule has 0 radical (unpaired) electrons. The molecule has 0 aromatic heterocycles. The number of hydrogen-bond acceptors (Lipinski definition) is 5. The number of amides is 4. The quantitative estimate of drug-likeness (QED) is 0.696. The summed E-state index contributed by atoms with van der Waals surface area (Å²) in [6, 6.07) is 7.01. The summed E-state index contributed by atoms with van der Waals surface area (Å²) in [5, 5.41) is 2.49. The van der Waals surface area contributed by atoms with Crippen LogP contribution in [0.15, 0.2) is 24.3 Å². The van der Waals surface area contributed by atoms with E-state index in [0.717, 1.165) is 24.3 Å². The number of imide groups is 2. The van der Waals surface area contributed by atoms with Crippen molar-refractivity contribution in [2.24, 2.45) is 5.41 Å². The highest BCUT2D eigenvalue weighted by Gasteiger charge is 2.63. The first kappa shape index (κ1) is 18.0. The predicted molar refractivity (Wildman–Crippen MR) is 101 cm³/mol. The van der Waals surface area contributed by atoms with E-state index < -0.39 is 22.9 Å². The number of barbiturate groups is 1. The molecule has 0 bridgehead atoms. The molecule has 4 rings (SSSR count). The third-order valence-corrected chi connectivity index (χ3v) is 6.01. The largest absolute Gasteiger partial charge is 0.364 e. The molecule has 2 fully saturated rings. The van der Waals surface area contributed by atoms with Gasteiger partial charge in [-0.05, 0) is 45.9 Å². The Balaban J connectivity index is 1.90. The van der Waals surface area contributed by atoms with E-state index in [1.165, 1.54) is 4.90 Å². The SMILES string of the molecule is CN1CCN2c3ccccc3CC3(C(=O)NC(=O)N(C(C)(C)C)C3=O)C2C1. The van der Waals surface area contributed by atoms with E-state index in [2.05, 4.69) is 21.2 Å². The molecule has 2 atom stereocenters. The molecule has 3 heterocycles. The average molecular weight is 370 g/mol. The predicted octanol–water partition coefficient (Wildman–Crippen LogP) is 1.23. The lowest BCUT2D eigenvalue weighted by atomic mass is 9.67. The highest BCUT2D eigenvalue weighted by Crippen LogP contribution is 2.46. The van der Waals surface area contributed by atoms with E-state index in [9.17, 15) is 14.4 Å². The van der Waals surface area contributed by atoms with Crippen molar-refractivity contribution in [2.75, 3.05) is 31.6 Å². The summed E-state index contributed by atoms with van der Waals surface area (Å²) in [4.78, 5) is 45.0. The molecule has 7 nitrogen and oxygen atoms in total. The van der Waals surface area contributed by atoms with Crippen LogP contribution in [-0.4, -0.2) is 65.9 Å².